The average Bonchev–Trinajstić information content (AvgIpc) is 2.64. The molecule has 8 heteroatoms. The number of amides is 2. The lowest BCUT2D eigenvalue weighted by Crippen LogP contribution is -2.50. The maximum Gasteiger partial charge on any atom is 0.411 e. The van der Waals surface area contributed by atoms with Gasteiger partial charge in [-0.1, -0.05) is 56.3 Å². The fourth-order valence-corrected chi connectivity index (χ4v) is 2.84. The van der Waals surface area contributed by atoms with E-state index in [1.165, 1.54) is 0 Å². The van der Waals surface area contributed by atoms with Crippen molar-refractivity contribution in [1.29, 1.82) is 0 Å². The third kappa shape index (κ3) is 7.73. The Balaban J connectivity index is 1.86. The van der Waals surface area contributed by atoms with Gasteiger partial charge >= 0.3 is 6.18 Å². The molecule has 2 N–H and O–H groups in total. The Morgan fingerprint density at radius 3 is 2.41 bits per heavy atom. The predicted octanol–water partition coefficient (Wildman–Crippen LogP) is 3.22. The summed E-state index contributed by atoms with van der Waals surface area (Å²) in [6, 6.07) is 12.7. The third-order valence-corrected chi connectivity index (χ3v) is 4.26. The van der Waals surface area contributed by atoms with E-state index >= 15 is 0 Å². The molecule has 0 aromatic heterocycles. The molecule has 5 nitrogen and oxygen atoms in total. The molecule has 0 saturated heterocycles. The highest BCUT2D eigenvalue weighted by atomic mass is 19.4. The molecule has 158 valence electrons. The molecular weight excluding hydrogens is 385 g/mol. The van der Waals surface area contributed by atoms with Crippen LogP contribution in [0.2, 0.25) is 0 Å². The zero-order chi connectivity index (χ0) is 21.4. The van der Waals surface area contributed by atoms with E-state index in [-0.39, 0.29) is 31.4 Å². The van der Waals surface area contributed by atoms with Gasteiger partial charge in [-0.05, 0) is 22.3 Å². The zero-order valence-electron chi connectivity index (χ0n) is 16.4. The van der Waals surface area contributed by atoms with Crippen LogP contribution in [0.1, 0.15) is 19.4 Å². The van der Waals surface area contributed by atoms with Crippen molar-refractivity contribution in [3.63, 3.8) is 0 Å². The Labute approximate surface area is 167 Å². The van der Waals surface area contributed by atoms with E-state index in [4.69, 9.17) is 0 Å². The lowest BCUT2D eigenvalue weighted by atomic mass is 10.0. The fraction of sp³-hybridized carbons (Fsp3) is 0.429. The molecule has 2 aromatic carbocycles. The molecule has 0 saturated carbocycles. The molecule has 0 fully saturated rings. The minimum Gasteiger partial charge on any atom is -0.370 e. The van der Waals surface area contributed by atoms with Gasteiger partial charge in [-0.15, -0.1) is 0 Å². The van der Waals surface area contributed by atoms with E-state index in [0.29, 0.717) is 0 Å². The second kappa shape index (κ2) is 10.2. The van der Waals surface area contributed by atoms with Gasteiger partial charge in [0, 0.05) is 6.54 Å². The molecule has 0 bridgehead atoms. The van der Waals surface area contributed by atoms with Crippen LogP contribution in [0.15, 0.2) is 42.5 Å². The van der Waals surface area contributed by atoms with Crippen LogP contribution in [0.3, 0.4) is 0 Å². The van der Waals surface area contributed by atoms with Gasteiger partial charge in [0.1, 0.15) is 12.6 Å². The summed E-state index contributed by atoms with van der Waals surface area (Å²) in [5, 5.41) is 7.30. The van der Waals surface area contributed by atoms with Gasteiger partial charge in [0.05, 0.1) is 13.0 Å². The van der Waals surface area contributed by atoms with Crippen molar-refractivity contribution in [3.05, 3.63) is 48.0 Å². The zero-order valence-corrected chi connectivity index (χ0v) is 16.4. The molecule has 0 spiro atoms. The SMILES string of the molecule is CC(C)C(NC(=O)Cc1ccc2ccccc2c1)C(=O)NCCOCC(F)(F)F. The molecule has 2 amide bonds. The number of nitrogens with one attached hydrogen (secondary N) is 2. The largest absolute Gasteiger partial charge is 0.411 e. The Hall–Kier alpha value is -2.61. The van der Waals surface area contributed by atoms with E-state index in [2.05, 4.69) is 15.4 Å². The van der Waals surface area contributed by atoms with Crippen LogP contribution < -0.4 is 10.6 Å². The summed E-state index contributed by atoms with van der Waals surface area (Å²) in [5.41, 5.74) is 0.824. The topological polar surface area (TPSA) is 67.4 Å². The van der Waals surface area contributed by atoms with Gasteiger partial charge in [-0.25, -0.2) is 0 Å². The first-order valence-corrected chi connectivity index (χ1v) is 9.35. The molecule has 1 unspecified atom stereocenters. The fourth-order valence-electron chi connectivity index (χ4n) is 2.84. The normalized spacial score (nSPS) is 12.8. The monoisotopic (exact) mass is 410 g/mol. The number of ether oxygens (including phenoxy) is 1. The standard InChI is InChI=1S/C21H25F3N2O3/c1-14(2)19(20(28)25-9-10-29-13-21(22,23)24)26-18(27)12-15-7-8-16-5-3-4-6-17(16)11-15/h3-8,11,14,19H,9-10,12-13H2,1-2H3,(H,25,28)(H,26,27). The summed E-state index contributed by atoms with van der Waals surface area (Å²) < 4.78 is 40.5. The Kier molecular flexibility index (Phi) is 8.01. The van der Waals surface area contributed by atoms with E-state index in [1.54, 1.807) is 13.8 Å². The van der Waals surface area contributed by atoms with E-state index in [9.17, 15) is 22.8 Å². The molecule has 2 aromatic rings. The summed E-state index contributed by atoms with van der Waals surface area (Å²) in [7, 11) is 0. The summed E-state index contributed by atoms with van der Waals surface area (Å²) >= 11 is 0. The van der Waals surface area contributed by atoms with Crippen molar-refractivity contribution in [3.8, 4) is 0 Å². The van der Waals surface area contributed by atoms with Gasteiger partial charge in [-0.3, -0.25) is 9.59 Å². The summed E-state index contributed by atoms with van der Waals surface area (Å²) in [6.07, 6.45) is -4.28. The number of alkyl halides is 3. The second-order valence-corrected chi connectivity index (χ2v) is 7.11. The number of fused-ring (bicyclic) bond motifs is 1. The summed E-state index contributed by atoms with van der Waals surface area (Å²) in [5.74, 6) is -0.948. The molecule has 0 heterocycles. The number of halogens is 3. The maximum absolute atomic E-state index is 12.4. The Morgan fingerprint density at radius 1 is 1.07 bits per heavy atom. The van der Waals surface area contributed by atoms with Crippen molar-refractivity contribution in [2.75, 3.05) is 19.8 Å². The maximum atomic E-state index is 12.4. The van der Waals surface area contributed by atoms with Crippen molar-refractivity contribution in [1.82, 2.24) is 10.6 Å². The minimum absolute atomic E-state index is 0.0708. The quantitative estimate of drug-likeness (QED) is 0.624. The van der Waals surface area contributed by atoms with Crippen molar-refractivity contribution >= 4 is 22.6 Å². The molecule has 29 heavy (non-hydrogen) atoms. The second-order valence-electron chi connectivity index (χ2n) is 7.11. The van der Waals surface area contributed by atoms with Crippen LogP contribution in [0.5, 0.6) is 0 Å². The van der Waals surface area contributed by atoms with Crippen molar-refractivity contribution < 1.29 is 27.5 Å². The highest BCUT2D eigenvalue weighted by molar-refractivity contribution is 5.89. The highest BCUT2D eigenvalue weighted by Crippen LogP contribution is 2.16. The lowest BCUT2D eigenvalue weighted by molar-refractivity contribution is -0.173. The van der Waals surface area contributed by atoms with Crippen LogP contribution in [0.25, 0.3) is 10.8 Å². The van der Waals surface area contributed by atoms with E-state index in [0.717, 1.165) is 16.3 Å². The van der Waals surface area contributed by atoms with Crippen LogP contribution in [0.4, 0.5) is 13.2 Å². The molecule has 0 aliphatic heterocycles. The number of hydrogen-bond acceptors (Lipinski definition) is 3. The van der Waals surface area contributed by atoms with Crippen LogP contribution in [-0.2, 0) is 20.7 Å². The predicted molar refractivity (Wildman–Crippen MR) is 104 cm³/mol. The number of carbonyl (C=O) groups is 2. The number of rotatable bonds is 9. The van der Waals surface area contributed by atoms with E-state index < -0.39 is 24.7 Å². The smallest absolute Gasteiger partial charge is 0.370 e. The van der Waals surface area contributed by atoms with Crippen molar-refractivity contribution in [2.24, 2.45) is 5.92 Å². The molecular formula is C21H25F3N2O3. The Morgan fingerprint density at radius 2 is 1.76 bits per heavy atom. The van der Waals surface area contributed by atoms with E-state index in [1.807, 2.05) is 42.5 Å². The van der Waals surface area contributed by atoms with Crippen LogP contribution >= 0.6 is 0 Å². The molecule has 1 atom stereocenters. The first-order valence-electron chi connectivity index (χ1n) is 9.35. The molecule has 0 radical (unpaired) electrons. The first-order chi connectivity index (χ1) is 13.7. The third-order valence-electron chi connectivity index (χ3n) is 4.26. The number of hydrogen-bond donors (Lipinski definition) is 2. The average molecular weight is 410 g/mol. The van der Waals surface area contributed by atoms with Crippen molar-refractivity contribution in [2.45, 2.75) is 32.5 Å². The van der Waals surface area contributed by atoms with Gasteiger partial charge in [-0.2, -0.15) is 13.2 Å². The molecule has 0 aliphatic rings. The van der Waals surface area contributed by atoms with Crippen LogP contribution in [0, 0.1) is 5.92 Å². The van der Waals surface area contributed by atoms with Gasteiger partial charge in [0.15, 0.2) is 0 Å². The Bertz CT molecular complexity index is 837. The summed E-state index contributed by atoms with van der Waals surface area (Å²) in [4.78, 5) is 24.7. The first kappa shape index (κ1) is 22.7. The minimum atomic E-state index is -4.40. The van der Waals surface area contributed by atoms with Crippen LogP contribution in [-0.4, -0.2) is 43.8 Å². The van der Waals surface area contributed by atoms with Gasteiger partial charge in [0.25, 0.3) is 0 Å². The highest BCUT2D eigenvalue weighted by Gasteiger charge is 2.27. The number of benzene rings is 2. The summed E-state index contributed by atoms with van der Waals surface area (Å²) in [6.45, 7) is 1.86. The number of carbonyl (C=O) groups excluding carboxylic acids is 2. The lowest BCUT2D eigenvalue weighted by Gasteiger charge is -2.22. The van der Waals surface area contributed by atoms with Gasteiger partial charge in [0.2, 0.25) is 11.8 Å². The molecule has 2 rings (SSSR count). The van der Waals surface area contributed by atoms with Gasteiger partial charge < -0.3 is 15.4 Å². The molecule has 0 aliphatic carbocycles.